The van der Waals surface area contributed by atoms with E-state index in [1.807, 2.05) is 36.4 Å². The topological polar surface area (TPSA) is 41.6 Å². The van der Waals surface area contributed by atoms with Crippen LogP contribution >= 0.6 is 0 Å². The predicted molar refractivity (Wildman–Crippen MR) is 117 cm³/mol. The Morgan fingerprint density at radius 2 is 1.53 bits per heavy atom. The first kappa shape index (κ1) is 18.9. The van der Waals surface area contributed by atoms with Crippen molar-refractivity contribution >= 4 is 5.91 Å². The van der Waals surface area contributed by atoms with E-state index in [0.29, 0.717) is 0 Å². The lowest BCUT2D eigenvalue weighted by Crippen LogP contribution is -2.57. The van der Waals surface area contributed by atoms with Gasteiger partial charge in [0.1, 0.15) is 11.4 Å². The lowest BCUT2D eigenvalue weighted by molar-refractivity contribution is -0.144. The summed E-state index contributed by atoms with van der Waals surface area (Å²) in [4.78, 5) is 16.0. The number of fused-ring (bicyclic) bond motifs is 1. The lowest BCUT2D eigenvalue weighted by atomic mass is 9.70. The molecule has 5 rings (SSSR count). The predicted octanol–water partition coefficient (Wildman–Crippen LogP) is 4.25. The molecule has 3 aromatic rings. The maximum Gasteiger partial charge on any atom is 0.232 e. The molecule has 0 radical (unpaired) electrons. The quantitative estimate of drug-likeness (QED) is 0.714. The van der Waals surface area contributed by atoms with Crippen molar-refractivity contribution in [1.29, 1.82) is 0 Å². The highest BCUT2D eigenvalue weighted by molar-refractivity contribution is 5.87. The fourth-order valence-electron chi connectivity index (χ4n) is 5.21. The standard InChI is InChI=1S/C26H26N2O2/c1-30-22-14-12-21(13-15-22)26-18-23(19-8-4-2-5-9-19)24(20-10-6-3-7-11-20)25(29)28(26)17-16-27-26/h2-15,23-24,27H,16-18H2,1H3. The molecule has 0 bridgehead atoms. The van der Waals surface area contributed by atoms with E-state index in [1.54, 1.807) is 7.11 Å². The number of carbonyl (C=O) groups excluding carboxylic acids is 1. The zero-order chi connectivity index (χ0) is 20.6. The minimum atomic E-state index is -0.491. The van der Waals surface area contributed by atoms with E-state index in [-0.39, 0.29) is 17.7 Å². The minimum absolute atomic E-state index is 0.0880. The Kier molecular flexibility index (Phi) is 4.80. The molecule has 30 heavy (non-hydrogen) atoms. The monoisotopic (exact) mass is 398 g/mol. The Labute approximate surface area is 177 Å². The van der Waals surface area contributed by atoms with Crippen molar-refractivity contribution in [2.75, 3.05) is 20.2 Å². The average Bonchev–Trinajstić information content (AvgIpc) is 3.26. The number of ether oxygens (including phenoxy) is 1. The van der Waals surface area contributed by atoms with Crippen molar-refractivity contribution in [2.45, 2.75) is 23.9 Å². The van der Waals surface area contributed by atoms with Crippen molar-refractivity contribution in [1.82, 2.24) is 10.2 Å². The Hall–Kier alpha value is -3.11. The Morgan fingerprint density at radius 3 is 2.17 bits per heavy atom. The Balaban J connectivity index is 1.63. The second-order valence-corrected chi connectivity index (χ2v) is 8.12. The minimum Gasteiger partial charge on any atom is -0.497 e. The molecule has 3 atom stereocenters. The molecule has 152 valence electrons. The van der Waals surface area contributed by atoms with E-state index in [4.69, 9.17) is 4.74 Å². The number of nitrogens with zero attached hydrogens (tertiary/aromatic N) is 1. The molecule has 2 fully saturated rings. The number of carbonyl (C=O) groups is 1. The second kappa shape index (κ2) is 7.62. The molecular weight excluding hydrogens is 372 g/mol. The summed E-state index contributed by atoms with van der Waals surface area (Å²) >= 11 is 0. The zero-order valence-electron chi connectivity index (χ0n) is 17.1. The lowest BCUT2D eigenvalue weighted by Gasteiger charge is -2.49. The van der Waals surface area contributed by atoms with Gasteiger partial charge in [-0.05, 0) is 35.2 Å². The second-order valence-electron chi connectivity index (χ2n) is 8.12. The van der Waals surface area contributed by atoms with Gasteiger partial charge in [-0.15, -0.1) is 0 Å². The molecule has 2 saturated heterocycles. The van der Waals surface area contributed by atoms with Crippen LogP contribution in [0.1, 0.15) is 34.9 Å². The molecule has 2 aliphatic heterocycles. The highest BCUT2D eigenvalue weighted by atomic mass is 16.5. The summed E-state index contributed by atoms with van der Waals surface area (Å²) in [5.41, 5.74) is 2.92. The summed E-state index contributed by atoms with van der Waals surface area (Å²) in [5, 5.41) is 3.69. The molecule has 1 amide bonds. The van der Waals surface area contributed by atoms with Gasteiger partial charge in [0, 0.05) is 19.0 Å². The van der Waals surface area contributed by atoms with Crippen molar-refractivity contribution in [3.8, 4) is 5.75 Å². The summed E-state index contributed by atoms with van der Waals surface area (Å²) < 4.78 is 5.35. The van der Waals surface area contributed by atoms with Gasteiger partial charge in [-0.2, -0.15) is 0 Å². The summed E-state index contributed by atoms with van der Waals surface area (Å²) in [7, 11) is 1.67. The average molecular weight is 399 g/mol. The van der Waals surface area contributed by atoms with Crippen LogP contribution in [0.25, 0.3) is 0 Å². The fraction of sp³-hybridized carbons (Fsp3) is 0.269. The van der Waals surface area contributed by atoms with Crippen LogP contribution in [0, 0.1) is 0 Å². The number of benzene rings is 3. The van der Waals surface area contributed by atoms with Crippen molar-refractivity contribution in [3.63, 3.8) is 0 Å². The van der Waals surface area contributed by atoms with E-state index in [1.165, 1.54) is 5.56 Å². The van der Waals surface area contributed by atoms with Crippen LogP contribution in [0.5, 0.6) is 5.75 Å². The Bertz CT molecular complexity index is 1020. The van der Waals surface area contributed by atoms with E-state index in [2.05, 4.69) is 58.7 Å². The highest BCUT2D eigenvalue weighted by Crippen LogP contribution is 2.50. The third-order valence-electron chi connectivity index (χ3n) is 6.62. The molecule has 1 N–H and O–H groups in total. The van der Waals surface area contributed by atoms with Gasteiger partial charge in [0.05, 0.1) is 13.0 Å². The Morgan fingerprint density at radius 1 is 0.900 bits per heavy atom. The first-order valence-electron chi connectivity index (χ1n) is 10.5. The third kappa shape index (κ3) is 2.99. The van der Waals surface area contributed by atoms with Crippen LogP contribution in [-0.4, -0.2) is 31.0 Å². The van der Waals surface area contributed by atoms with E-state index >= 15 is 0 Å². The third-order valence-corrected chi connectivity index (χ3v) is 6.62. The largest absolute Gasteiger partial charge is 0.497 e. The fourth-order valence-corrected chi connectivity index (χ4v) is 5.21. The summed E-state index contributed by atoms with van der Waals surface area (Å²) in [5.74, 6) is 0.927. The molecule has 3 unspecified atom stereocenters. The normalized spacial score (nSPS) is 25.8. The number of hydrogen-bond donors (Lipinski definition) is 1. The molecule has 0 saturated carbocycles. The van der Waals surface area contributed by atoms with Gasteiger partial charge in [0.15, 0.2) is 0 Å². The summed E-state index contributed by atoms with van der Waals surface area (Å²) in [6, 6.07) is 28.8. The van der Waals surface area contributed by atoms with Gasteiger partial charge in [0.25, 0.3) is 0 Å². The van der Waals surface area contributed by atoms with Gasteiger partial charge in [-0.3, -0.25) is 10.1 Å². The molecule has 4 heteroatoms. The number of nitrogens with one attached hydrogen (secondary N) is 1. The number of methoxy groups -OCH3 is 1. The molecular formula is C26H26N2O2. The number of amides is 1. The first-order chi connectivity index (χ1) is 14.7. The van der Waals surface area contributed by atoms with Gasteiger partial charge >= 0.3 is 0 Å². The molecule has 4 nitrogen and oxygen atoms in total. The van der Waals surface area contributed by atoms with E-state index < -0.39 is 5.66 Å². The van der Waals surface area contributed by atoms with E-state index in [9.17, 15) is 4.79 Å². The van der Waals surface area contributed by atoms with Gasteiger partial charge in [-0.25, -0.2) is 0 Å². The summed E-state index contributed by atoms with van der Waals surface area (Å²) in [6.07, 6.45) is 0.828. The molecule has 0 aromatic heterocycles. The van der Waals surface area contributed by atoms with Gasteiger partial charge < -0.3 is 9.64 Å². The van der Waals surface area contributed by atoms with Crippen LogP contribution < -0.4 is 10.1 Å². The number of rotatable bonds is 4. The number of piperidine rings is 1. The van der Waals surface area contributed by atoms with Crippen LogP contribution in [0.15, 0.2) is 84.9 Å². The molecule has 3 aromatic carbocycles. The number of hydrogen-bond acceptors (Lipinski definition) is 3. The molecule has 0 spiro atoms. The van der Waals surface area contributed by atoms with Crippen molar-refractivity contribution in [3.05, 3.63) is 102 Å². The van der Waals surface area contributed by atoms with Crippen molar-refractivity contribution < 1.29 is 9.53 Å². The SMILES string of the molecule is COc1ccc(C23CC(c4ccccc4)C(c4ccccc4)C(=O)N2CCN3)cc1. The van der Waals surface area contributed by atoms with E-state index in [0.717, 1.165) is 36.4 Å². The molecule has 2 heterocycles. The zero-order valence-corrected chi connectivity index (χ0v) is 17.1. The first-order valence-corrected chi connectivity index (χ1v) is 10.5. The highest BCUT2D eigenvalue weighted by Gasteiger charge is 2.54. The summed E-state index contributed by atoms with van der Waals surface area (Å²) in [6.45, 7) is 1.51. The van der Waals surface area contributed by atoms with Crippen molar-refractivity contribution in [2.24, 2.45) is 0 Å². The van der Waals surface area contributed by atoms with Crippen LogP contribution in [0.3, 0.4) is 0 Å². The van der Waals surface area contributed by atoms with Crippen LogP contribution in [0.2, 0.25) is 0 Å². The van der Waals surface area contributed by atoms with Gasteiger partial charge in [0.2, 0.25) is 5.91 Å². The smallest absolute Gasteiger partial charge is 0.232 e. The molecule has 2 aliphatic rings. The maximum absolute atomic E-state index is 14.0. The van der Waals surface area contributed by atoms with Gasteiger partial charge in [-0.1, -0.05) is 72.8 Å². The van der Waals surface area contributed by atoms with Crippen LogP contribution in [-0.2, 0) is 10.5 Å². The molecule has 0 aliphatic carbocycles. The maximum atomic E-state index is 14.0. The van der Waals surface area contributed by atoms with Crippen LogP contribution in [0.4, 0.5) is 0 Å².